The minimum Gasteiger partial charge on any atom is -0.868 e. The van der Waals surface area contributed by atoms with Crippen molar-refractivity contribution in [3.8, 4) is 5.75 Å². The van der Waals surface area contributed by atoms with Crippen LogP contribution in [0.5, 0.6) is 5.75 Å². The zero-order valence-electron chi connectivity index (χ0n) is 17.6. The number of hydrogen-bond acceptors (Lipinski definition) is 5. The van der Waals surface area contributed by atoms with Crippen molar-refractivity contribution in [1.82, 2.24) is 14.8 Å². The molecular weight excluding hydrogens is 454 g/mol. The zero-order valence-corrected chi connectivity index (χ0v) is 19.6. The molecule has 1 aromatic carbocycles. The van der Waals surface area contributed by atoms with Gasteiger partial charge >= 0.3 is 29.6 Å². The first-order valence-corrected chi connectivity index (χ1v) is 10.1. The standard InChI is InChI=1S/C21H18F3N3O5.Na/c22-9-3-14(23)12(15(24)4-9)6-25-20(30)13-7-26-8-16-27(10-1-2-11(5-10)32-16)21(31)17(26)19(29)18(13)28;/h3-4,7,10-11,16,29H,1-2,5-6,8H2,(H,25,30);/q;+1/p-1. The molecule has 1 saturated carbocycles. The van der Waals surface area contributed by atoms with Crippen LogP contribution in [0.3, 0.4) is 0 Å². The number of rotatable bonds is 3. The van der Waals surface area contributed by atoms with Crippen molar-refractivity contribution in [2.75, 3.05) is 0 Å². The Kier molecular flexibility index (Phi) is 6.34. The predicted octanol–water partition coefficient (Wildman–Crippen LogP) is -1.99. The first kappa shape index (κ1) is 23.8. The molecule has 2 aliphatic heterocycles. The van der Waals surface area contributed by atoms with E-state index in [0.29, 0.717) is 18.6 Å². The molecule has 12 heteroatoms. The number of amides is 2. The van der Waals surface area contributed by atoms with E-state index in [9.17, 15) is 32.7 Å². The Morgan fingerprint density at radius 2 is 1.88 bits per heavy atom. The summed E-state index contributed by atoms with van der Waals surface area (Å²) < 4.78 is 47.8. The zero-order chi connectivity index (χ0) is 22.7. The van der Waals surface area contributed by atoms with Crippen molar-refractivity contribution in [3.63, 3.8) is 0 Å². The Morgan fingerprint density at radius 1 is 1.18 bits per heavy atom. The van der Waals surface area contributed by atoms with E-state index in [1.807, 2.05) is 0 Å². The number of nitrogens with zero attached hydrogens (tertiary/aromatic N) is 2. The molecule has 2 aromatic rings. The summed E-state index contributed by atoms with van der Waals surface area (Å²) in [4.78, 5) is 39.6. The number of carbonyl (C=O) groups excluding carboxylic acids is 2. The van der Waals surface area contributed by atoms with Crippen LogP contribution < -0.4 is 45.4 Å². The number of benzene rings is 1. The van der Waals surface area contributed by atoms with Gasteiger partial charge in [-0.3, -0.25) is 14.4 Å². The van der Waals surface area contributed by atoms with E-state index in [1.165, 1.54) is 9.47 Å². The molecule has 3 aliphatic rings. The van der Waals surface area contributed by atoms with Gasteiger partial charge in [0.15, 0.2) is 11.7 Å². The van der Waals surface area contributed by atoms with Crippen molar-refractivity contribution < 1.29 is 62.2 Å². The van der Waals surface area contributed by atoms with Gasteiger partial charge in [-0.2, -0.15) is 0 Å². The topological polar surface area (TPSA) is 104 Å². The molecule has 5 rings (SSSR count). The van der Waals surface area contributed by atoms with Crippen LogP contribution in [0.4, 0.5) is 13.2 Å². The Labute approximate surface area is 207 Å². The molecule has 2 fully saturated rings. The quantitative estimate of drug-likeness (QED) is 0.522. The summed E-state index contributed by atoms with van der Waals surface area (Å²) in [6.45, 7) is -0.598. The van der Waals surface area contributed by atoms with Crippen LogP contribution in [0.1, 0.15) is 45.7 Å². The third-order valence-corrected chi connectivity index (χ3v) is 6.21. The average Bonchev–Trinajstić information content (AvgIpc) is 3.10. The molecule has 1 saturated heterocycles. The predicted molar refractivity (Wildman–Crippen MR) is 100 cm³/mol. The molecule has 0 spiro atoms. The van der Waals surface area contributed by atoms with Crippen LogP contribution in [0, 0.1) is 17.5 Å². The molecule has 3 heterocycles. The van der Waals surface area contributed by atoms with Gasteiger partial charge in [-0.05, 0) is 25.0 Å². The fourth-order valence-electron chi connectivity index (χ4n) is 4.70. The van der Waals surface area contributed by atoms with E-state index in [0.717, 1.165) is 19.0 Å². The van der Waals surface area contributed by atoms with Gasteiger partial charge in [0.1, 0.15) is 28.7 Å². The van der Waals surface area contributed by atoms with Crippen molar-refractivity contribution >= 4 is 11.8 Å². The minimum absolute atomic E-state index is 0. The molecule has 0 radical (unpaired) electrons. The summed E-state index contributed by atoms with van der Waals surface area (Å²) in [5.74, 6) is -6.31. The van der Waals surface area contributed by atoms with E-state index in [4.69, 9.17) is 4.74 Å². The molecule has 3 unspecified atom stereocenters. The number of ether oxygens (including phenoxy) is 1. The molecule has 3 atom stereocenters. The number of aromatic nitrogens is 1. The maximum atomic E-state index is 13.8. The molecule has 2 amide bonds. The normalized spacial score (nSPS) is 22.9. The first-order valence-electron chi connectivity index (χ1n) is 10.1. The molecule has 1 aromatic heterocycles. The first-order chi connectivity index (χ1) is 15.2. The van der Waals surface area contributed by atoms with Crippen molar-refractivity contribution in [2.45, 2.75) is 50.7 Å². The SMILES string of the molecule is O=C(NCc1c(F)cc(F)cc1F)c1cn2c(c([O-])c1=O)C(=O)N1C3CCC(C3)OC1C2.[Na+]. The van der Waals surface area contributed by atoms with Crippen LogP contribution in [0.15, 0.2) is 23.1 Å². The molecular formula is C21H17F3N3NaO5. The average molecular weight is 471 g/mol. The number of pyridine rings is 1. The summed E-state index contributed by atoms with van der Waals surface area (Å²) in [5, 5.41) is 14.8. The molecule has 2 bridgehead atoms. The molecule has 33 heavy (non-hydrogen) atoms. The van der Waals surface area contributed by atoms with Crippen LogP contribution >= 0.6 is 0 Å². The second kappa shape index (κ2) is 8.79. The molecule has 1 N–H and O–H groups in total. The maximum absolute atomic E-state index is 13.8. The van der Waals surface area contributed by atoms with E-state index >= 15 is 0 Å². The fraction of sp³-hybridized carbons (Fsp3) is 0.381. The van der Waals surface area contributed by atoms with Gasteiger partial charge < -0.3 is 24.6 Å². The summed E-state index contributed by atoms with van der Waals surface area (Å²) >= 11 is 0. The summed E-state index contributed by atoms with van der Waals surface area (Å²) in [5.41, 5.74) is -2.70. The largest absolute Gasteiger partial charge is 1.00 e. The number of halogens is 3. The Hall–Kier alpha value is -2.34. The van der Waals surface area contributed by atoms with Gasteiger partial charge in [0, 0.05) is 36.5 Å². The Balaban J connectivity index is 0.00000259. The number of fused-ring (bicyclic) bond motifs is 5. The van der Waals surface area contributed by atoms with Gasteiger partial charge in [-0.1, -0.05) is 0 Å². The van der Waals surface area contributed by atoms with E-state index in [2.05, 4.69) is 5.32 Å². The van der Waals surface area contributed by atoms with Crippen molar-refractivity contribution in [1.29, 1.82) is 0 Å². The van der Waals surface area contributed by atoms with Gasteiger partial charge in [0.05, 0.1) is 12.6 Å². The Morgan fingerprint density at radius 3 is 2.58 bits per heavy atom. The van der Waals surface area contributed by atoms with Crippen LogP contribution in [0.25, 0.3) is 0 Å². The fourth-order valence-corrected chi connectivity index (χ4v) is 4.70. The Bertz CT molecular complexity index is 1200. The second-order valence-electron chi connectivity index (χ2n) is 8.12. The van der Waals surface area contributed by atoms with Crippen LogP contribution in [0.2, 0.25) is 0 Å². The third-order valence-electron chi connectivity index (χ3n) is 6.21. The van der Waals surface area contributed by atoms with E-state index in [1.54, 1.807) is 0 Å². The van der Waals surface area contributed by atoms with Crippen molar-refractivity contribution in [2.24, 2.45) is 0 Å². The number of hydrogen-bond donors (Lipinski definition) is 1. The third kappa shape index (κ3) is 3.96. The molecule has 168 valence electrons. The summed E-state index contributed by atoms with van der Waals surface area (Å²) in [6.07, 6.45) is 2.72. The second-order valence-corrected chi connectivity index (χ2v) is 8.12. The minimum atomic E-state index is -1.20. The van der Waals surface area contributed by atoms with Gasteiger partial charge in [-0.15, -0.1) is 0 Å². The van der Waals surface area contributed by atoms with Gasteiger partial charge in [0.2, 0.25) is 0 Å². The van der Waals surface area contributed by atoms with Gasteiger partial charge in [-0.25, -0.2) is 13.2 Å². The van der Waals surface area contributed by atoms with Crippen LogP contribution in [-0.4, -0.2) is 39.7 Å². The number of carbonyl (C=O) groups is 2. The summed E-state index contributed by atoms with van der Waals surface area (Å²) in [6, 6.07) is 0.865. The maximum Gasteiger partial charge on any atom is 1.00 e. The monoisotopic (exact) mass is 471 g/mol. The number of nitrogens with one attached hydrogen (secondary N) is 1. The molecule has 1 aliphatic carbocycles. The summed E-state index contributed by atoms with van der Waals surface area (Å²) in [7, 11) is 0. The molecule has 8 nitrogen and oxygen atoms in total. The van der Waals surface area contributed by atoms with Crippen molar-refractivity contribution in [3.05, 3.63) is 62.8 Å². The van der Waals surface area contributed by atoms with Gasteiger partial charge in [0.25, 0.3) is 11.8 Å². The smallest absolute Gasteiger partial charge is 0.868 e. The van der Waals surface area contributed by atoms with E-state index < -0.39 is 64.3 Å². The van der Waals surface area contributed by atoms with E-state index in [-0.39, 0.29) is 53.9 Å². The van der Waals surface area contributed by atoms with Crippen LogP contribution in [-0.2, 0) is 17.8 Å².